The lowest BCUT2D eigenvalue weighted by molar-refractivity contribution is 0.207. The molecular weight excluding hydrogens is 442 g/mol. The second-order valence-corrected chi connectivity index (χ2v) is 8.21. The Bertz CT molecular complexity index is 1570. The second-order valence-electron chi connectivity index (χ2n) is 8.21. The lowest BCUT2D eigenvalue weighted by atomic mass is 10.2. The molecule has 0 aliphatic carbocycles. The first-order valence-electron chi connectivity index (χ1n) is 11.5. The van der Waals surface area contributed by atoms with E-state index in [1.165, 1.54) is 4.68 Å². The highest BCUT2D eigenvalue weighted by molar-refractivity contribution is 5.85. The van der Waals surface area contributed by atoms with Crippen molar-refractivity contribution >= 4 is 28.1 Å². The standard InChI is InChI=1S/C28H25N3O4/c1-4-18(2)34-24-14-13-19(15-25(24)33-3)17-29-31-27(26-16-20-9-5-8-12-23(20)35-26)30-22-11-7-6-10-21(22)28(31)32/h5-18H,4H2,1-3H3/t18-/m1/s1. The van der Waals surface area contributed by atoms with Crippen LogP contribution < -0.4 is 15.0 Å². The lowest BCUT2D eigenvalue weighted by Gasteiger charge is -2.15. The monoisotopic (exact) mass is 467 g/mol. The molecule has 0 saturated heterocycles. The third-order valence-corrected chi connectivity index (χ3v) is 5.81. The Hall–Kier alpha value is -4.39. The predicted molar refractivity (Wildman–Crippen MR) is 138 cm³/mol. The minimum absolute atomic E-state index is 0.0667. The summed E-state index contributed by atoms with van der Waals surface area (Å²) in [5.41, 5.74) is 1.75. The predicted octanol–water partition coefficient (Wildman–Crippen LogP) is 5.88. The van der Waals surface area contributed by atoms with Crippen LogP contribution in [0.3, 0.4) is 0 Å². The number of furan rings is 1. The SMILES string of the molecule is CC[C@@H](C)Oc1ccc(C=Nn2c(-c3cc4ccccc4o3)nc3ccccc3c2=O)cc1OC. The number of nitrogens with zero attached hydrogens (tertiary/aromatic N) is 3. The minimum Gasteiger partial charge on any atom is -0.493 e. The van der Waals surface area contributed by atoms with Crippen LogP contribution in [0.5, 0.6) is 11.5 Å². The summed E-state index contributed by atoms with van der Waals surface area (Å²) in [6, 6.07) is 22.2. The molecule has 0 aliphatic rings. The Morgan fingerprint density at radius 3 is 2.66 bits per heavy atom. The topological polar surface area (TPSA) is 78.9 Å². The normalized spacial score (nSPS) is 12.4. The fourth-order valence-electron chi connectivity index (χ4n) is 3.77. The van der Waals surface area contributed by atoms with E-state index in [0.717, 1.165) is 17.4 Å². The van der Waals surface area contributed by atoms with Crippen molar-refractivity contribution in [2.75, 3.05) is 7.11 Å². The number of ether oxygens (including phenoxy) is 2. The van der Waals surface area contributed by atoms with Crippen LogP contribution in [0, 0.1) is 0 Å². The van der Waals surface area contributed by atoms with Crippen LogP contribution in [0.25, 0.3) is 33.5 Å². The minimum atomic E-state index is -0.286. The largest absolute Gasteiger partial charge is 0.493 e. The van der Waals surface area contributed by atoms with E-state index >= 15 is 0 Å². The molecule has 0 unspecified atom stereocenters. The molecule has 176 valence electrons. The van der Waals surface area contributed by atoms with Gasteiger partial charge in [0, 0.05) is 5.39 Å². The van der Waals surface area contributed by atoms with Gasteiger partial charge in [-0.05, 0) is 61.4 Å². The van der Waals surface area contributed by atoms with Crippen molar-refractivity contribution < 1.29 is 13.9 Å². The number of methoxy groups -OCH3 is 1. The fraction of sp³-hybridized carbons (Fsp3) is 0.179. The molecule has 0 radical (unpaired) electrons. The Kier molecular flexibility index (Phi) is 6.06. The van der Waals surface area contributed by atoms with Gasteiger partial charge in [-0.2, -0.15) is 9.78 Å². The van der Waals surface area contributed by atoms with E-state index in [9.17, 15) is 4.79 Å². The molecule has 0 aliphatic heterocycles. The first-order chi connectivity index (χ1) is 17.1. The maximum absolute atomic E-state index is 13.4. The Morgan fingerprint density at radius 2 is 1.86 bits per heavy atom. The van der Waals surface area contributed by atoms with Gasteiger partial charge in [-0.15, -0.1) is 0 Å². The summed E-state index contributed by atoms with van der Waals surface area (Å²) < 4.78 is 18.7. The van der Waals surface area contributed by atoms with Crippen LogP contribution >= 0.6 is 0 Å². The number of benzene rings is 3. The summed E-state index contributed by atoms with van der Waals surface area (Å²) in [6.07, 6.45) is 2.55. The smallest absolute Gasteiger partial charge is 0.282 e. The highest BCUT2D eigenvalue weighted by atomic mass is 16.5. The molecule has 1 atom stereocenters. The van der Waals surface area contributed by atoms with Crippen molar-refractivity contribution in [3.8, 4) is 23.1 Å². The quantitative estimate of drug-likeness (QED) is 0.279. The molecule has 0 fully saturated rings. The van der Waals surface area contributed by atoms with E-state index in [4.69, 9.17) is 18.9 Å². The Balaban J connectivity index is 1.61. The second kappa shape index (κ2) is 9.46. The molecular formula is C28H25N3O4. The van der Waals surface area contributed by atoms with E-state index in [1.807, 2.05) is 61.5 Å². The molecule has 0 bridgehead atoms. The van der Waals surface area contributed by atoms with Crippen LogP contribution in [0.15, 0.2) is 87.1 Å². The number of aromatic nitrogens is 2. The van der Waals surface area contributed by atoms with Crippen LogP contribution in [-0.4, -0.2) is 29.1 Å². The van der Waals surface area contributed by atoms with Crippen molar-refractivity contribution in [1.29, 1.82) is 0 Å². The fourth-order valence-corrected chi connectivity index (χ4v) is 3.77. The number of hydrogen-bond acceptors (Lipinski definition) is 6. The summed E-state index contributed by atoms with van der Waals surface area (Å²) in [5.74, 6) is 2.04. The number of hydrogen-bond donors (Lipinski definition) is 0. The molecule has 2 heterocycles. The average molecular weight is 468 g/mol. The van der Waals surface area contributed by atoms with Gasteiger partial charge in [-0.25, -0.2) is 4.98 Å². The van der Waals surface area contributed by atoms with Crippen molar-refractivity contribution in [3.63, 3.8) is 0 Å². The van der Waals surface area contributed by atoms with Gasteiger partial charge < -0.3 is 13.9 Å². The summed E-state index contributed by atoms with van der Waals surface area (Å²) >= 11 is 0. The van der Waals surface area contributed by atoms with Crippen molar-refractivity contribution in [2.24, 2.45) is 5.10 Å². The molecule has 0 saturated carbocycles. The molecule has 35 heavy (non-hydrogen) atoms. The Morgan fingerprint density at radius 1 is 1.06 bits per heavy atom. The van der Waals surface area contributed by atoms with Crippen molar-refractivity contribution in [2.45, 2.75) is 26.4 Å². The molecule has 0 N–H and O–H groups in total. The third kappa shape index (κ3) is 4.40. The van der Waals surface area contributed by atoms with Gasteiger partial charge >= 0.3 is 0 Å². The van der Waals surface area contributed by atoms with E-state index in [0.29, 0.717) is 39.6 Å². The zero-order valence-electron chi connectivity index (χ0n) is 19.8. The molecule has 5 rings (SSSR count). The molecule has 7 nitrogen and oxygen atoms in total. The maximum Gasteiger partial charge on any atom is 0.282 e. The first kappa shape index (κ1) is 22.4. The van der Waals surface area contributed by atoms with Gasteiger partial charge in [0.2, 0.25) is 5.82 Å². The van der Waals surface area contributed by atoms with Crippen LogP contribution in [0.4, 0.5) is 0 Å². The molecule has 3 aromatic carbocycles. The van der Waals surface area contributed by atoms with Gasteiger partial charge in [-0.1, -0.05) is 37.3 Å². The third-order valence-electron chi connectivity index (χ3n) is 5.81. The van der Waals surface area contributed by atoms with Crippen LogP contribution in [0.1, 0.15) is 25.8 Å². The van der Waals surface area contributed by atoms with E-state index in [-0.39, 0.29) is 11.7 Å². The summed E-state index contributed by atoms with van der Waals surface area (Å²) in [6.45, 7) is 4.07. The average Bonchev–Trinajstić information content (AvgIpc) is 3.33. The Labute approximate surface area is 202 Å². The van der Waals surface area contributed by atoms with Gasteiger partial charge in [0.25, 0.3) is 5.56 Å². The van der Waals surface area contributed by atoms with Gasteiger partial charge in [0.05, 0.1) is 30.3 Å². The molecule has 5 aromatic rings. The maximum atomic E-state index is 13.4. The van der Waals surface area contributed by atoms with E-state index in [2.05, 4.69) is 12.0 Å². The number of para-hydroxylation sites is 2. The molecule has 0 amide bonds. The first-order valence-corrected chi connectivity index (χ1v) is 11.5. The zero-order chi connectivity index (χ0) is 24.4. The van der Waals surface area contributed by atoms with E-state index < -0.39 is 0 Å². The summed E-state index contributed by atoms with van der Waals surface area (Å²) in [5, 5.41) is 5.91. The zero-order valence-corrected chi connectivity index (χ0v) is 19.8. The summed E-state index contributed by atoms with van der Waals surface area (Å²) in [4.78, 5) is 18.1. The highest BCUT2D eigenvalue weighted by Crippen LogP contribution is 2.29. The lowest BCUT2D eigenvalue weighted by Crippen LogP contribution is -2.20. The molecule has 7 heteroatoms. The highest BCUT2D eigenvalue weighted by Gasteiger charge is 2.16. The van der Waals surface area contributed by atoms with Crippen LogP contribution in [-0.2, 0) is 0 Å². The van der Waals surface area contributed by atoms with Crippen molar-refractivity contribution in [1.82, 2.24) is 9.66 Å². The van der Waals surface area contributed by atoms with Crippen molar-refractivity contribution in [3.05, 3.63) is 88.7 Å². The van der Waals surface area contributed by atoms with Gasteiger partial charge in [0.15, 0.2) is 17.3 Å². The molecule has 0 spiro atoms. The summed E-state index contributed by atoms with van der Waals surface area (Å²) in [7, 11) is 1.59. The number of rotatable bonds is 7. The van der Waals surface area contributed by atoms with E-state index in [1.54, 1.807) is 31.5 Å². The number of fused-ring (bicyclic) bond motifs is 2. The molecule has 2 aromatic heterocycles. The van der Waals surface area contributed by atoms with Gasteiger partial charge in [-0.3, -0.25) is 4.79 Å². The van der Waals surface area contributed by atoms with Gasteiger partial charge in [0.1, 0.15) is 5.58 Å². The van der Waals surface area contributed by atoms with Crippen LogP contribution in [0.2, 0.25) is 0 Å².